The topological polar surface area (TPSA) is 139 Å². The van der Waals surface area contributed by atoms with E-state index in [2.05, 4.69) is 15.2 Å². The number of carbonyl (C=O) groups is 2. The van der Waals surface area contributed by atoms with Crippen molar-refractivity contribution in [3.05, 3.63) is 46.7 Å². The number of sulfonamides is 1. The lowest BCUT2D eigenvalue weighted by molar-refractivity contribution is -0.148. The molecule has 2 saturated carbocycles. The molecule has 2 bridgehead atoms. The summed E-state index contributed by atoms with van der Waals surface area (Å²) in [6.45, 7) is 7.34. The van der Waals surface area contributed by atoms with Crippen molar-refractivity contribution in [2.45, 2.75) is 45.4 Å². The number of aryl methyl sites for hydroxylation is 1. The molecule has 0 saturated heterocycles. The molecule has 1 heterocycles. The number of amides is 1. The van der Waals surface area contributed by atoms with Gasteiger partial charge in [-0.3, -0.25) is 9.59 Å². The van der Waals surface area contributed by atoms with Gasteiger partial charge in [0.05, 0.1) is 22.4 Å². The summed E-state index contributed by atoms with van der Waals surface area (Å²) in [6, 6.07) is 5.70. The lowest BCUT2D eigenvalue weighted by Gasteiger charge is -2.26. The minimum Gasteiger partial charge on any atom is -0.481 e. The van der Waals surface area contributed by atoms with Gasteiger partial charge < -0.3 is 14.9 Å². The number of aromatic nitrogens is 1. The first kappa shape index (κ1) is 23.0. The fraction of sp³-hybridized carbons (Fsp3) is 0.435. The Bertz CT molecular complexity index is 1240. The van der Waals surface area contributed by atoms with Crippen LogP contribution in [0.5, 0.6) is 0 Å². The lowest BCUT2D eigenvalue weighted by atomic mass is 9.78. The van der Waals surface area contributed by atoms with Crippen LogP contribution in [0.15, 0.2) is 44.8 Å². The van der Waals surface area contributed by atoms with Crippen LogP contribution < -0.4 is 10.0 Å². The molecule has 3 N–H and O–H groups in total. The van der Waals surface area contributed by atoms with Gasteiger partial charge in [0.15, 0.2) is 0 Å². The maximum Gasteiger partial charge on any atom is 0.307 e. The summed E-state index contributed by atoms with van der Waals surface area (Å²) in [5.41, 5.74) is 3.77. The van der Waals surface area contributed by atoms with E-state index in [4.69, 9.17) is 4.52 Å². The van der Waals surface area contributed by atoms with Crippen LogP contribution in [0.2, 0.25) is 0 Å². The number of hydrogen-bond donors (Lipinski definition) is 3. The number of rotatable bonds is 6. The predicted molar refractivity (Wildman–Crippen MR) is 121 cm³/mol. The molecule has 0 spiro atoms. The number of benzene rings is 1. The molecule has 9 nitrogen and oxygen atoms in total. The second-order valence-electron chi connectivity index (χ2n) is 8.98. The predicted octanol–water partition coefficient (Wildman–Crippen LogP) is 3.72. The largest absolute Gasteiger partial charge is 0.481 e. The third-order valence-electron chi connectivity index (χ3n) is 6.82. The van der Waals surface area contributed by atoms with Gasteiger partial charge in [-0.15, -0.1) is 0 Å². The monoisotopic (exact) mass is 473 g/mol. The third kappa shape index (κ3) is 4.03. The molecule has 2 aliphatic rings. The highest BCUT2D eigenvalue weighted by Gasteiger charge is 2.57. The zero-order valence-corrected chi connectivity index (χ0v) is 19.7. The molecule has 1 amide bonds. The van der Waals surface area contributed by atoms with E-state index in [0.29, 0.717) is 16.9 Å². The van der Waals surface area contributed by atoms with Crippen molar-refractivity contribution in [1.29, 1.82) is 0 Å². The highest BCUT2D eigenvalue weighted by atomic mass is 32.2. The molecular weight excluding hydrogens is 446 g/mol. The molecule has 2 aliphatic carbocycles. The van der Waals surface area contributed by atoms with E-state index in [-0.39, 0.29) is 28.5 Å². The summed E-state index contributed by atoms with van der Waals surface area (Å²) in [6.07, 6.45) is 1.59. The number of anilines is 2. The van der Waals surface area contributed by atoms with E-state index in [1.807, 2.05) is 13.8 Å². The molecule has 10 heteroatoms. The Kier molecular flexibility index (Phi) is 5.81. The number of aliphatic carboxylic acids is 1. The highest BCUT2D eigenvalue weighted by molar-refractivity contribution is 7.92. The minimum atomic E-state index is -3.91. The molecule has 0 radical (unpaired) electrons. The number of fused-ring (bicyclic) bond motifs is 2. The van der Waals surface area contributed by atoms with Crippen LogP contribution in [0.4, 0.5) is 11.6 Å². The lowest BCUT2D eigenvalue weighted by Crippen LogP contribution is -2.37. The Morgan fingerprint density at radius 3 is 2.18 bits per heavy atom. The standard InChI is InChI=1S/C23H27N3O6S/c1-11(2)18-16-9-10-17(18)20(23(28)29)19(16)21(27)24-14-5-7-15(8-6-14)33(30,31)26-22-12(3)13(4)25-32-22/h5-8,16-17,19-20,26H,9-10H2,1-4H3,(H,24,27)(H,28,29)/t16-,17-,19+,20-/m1/s1. The maximum atomic E-state index is 13.1. The van der Waals surface area contributed by atoms with Gasteiger partial charge in [-0.2, -0.15) is 0 Å². The van der Waals surface area contributed by atoms with Crippen molar-refractivity contribution in [3.63, 3.8) is 0 Å². The summed E-state index contributed by atoms with van der Waals surface area (Å²) < 4.78 is 32.7. The summed E-state index contributed by atoms with van der Waals surface area (Å²) in [5, 5.41) is 16.3. The summed E-state index contributed by atoms with van der Waals surface area (Å²) >= 11 is 0. The zero-order valence-electron chi connectivity index (χ0n) is 18.9. The molecule has 176 valence electrons. The van der Waals surface area contributed by atoms with E-state index in [1.165, 1.54) is 24.3 Å². The van der Waals surface area contributed by atoms with E-state index in [1.54, 1.807) is 13.8 Å². The number of carbonyl (C=O) groups excluding carboxylic acids is 1. The molecular formula is C23H27N3O6S. The quantitative estimate of drug-likeness (QED) is 0.543. The Labute approximate surface area is 192 Å². The van der Waals surface area contributed by atoms with E-state index >= 15 is 0 Å². The fourth-order valence-corrected chi connectivity index (χ4v) is 6.29. The van der Waals surface area contributed by atoms with Crippen LogP contribution in [-0.4, -0.2) is 30.6 Å². The molecule has 1 aromatic carbocycles. The van der Waals surface area contributed by atoms with Crippen molar-refractivity contribution in [3.8, 4) is 0 Å². The summed E-state index contributed by atoms with van der Waals surface area (Å²) in [5.74, 6) is -2.81. The fourth-order valence-electron chi connectivity index (χ4n) is 5.24. The van der Waals surface area contributed by atoms with Crippen LogP contribution in [-0.2, 0) is 19.6 Å². The van der Waals surface area contributed by atoms with Crippen LogP contribution >= 0.6 is 0 Å². The zero-order chi connectivity index (χ0) is 24.1. The molecule has 2 fully saturated rings. The van der Waals surface area contributed by atoms with Gasteiger partial charge in [0.2, 0.25) is 11.8 Å². The first-order valence-corrected chi connectivity index (χ1v) is 12.3. The Morgan fingerprint density at radius 2 is 1.67 bits per heavy atom. The van der Waals surface area contributed by atoms with Gasteiger partial charge in [-0.25, -0.2) is 13.1 Å². The minimum absolute atomic E-state index is 0.0101. The Balaban J connectivity index is 1.51. The number of carboxylic acids is 1. The van der Waals surface area contributed by atoms with Gasteiger partial charge in [0.25, 0.3) is 10.0 Å². The molecule has 2 aromatic rings. The molecule has 4 rings (SSSR count). The average Bonchev–Trinajstić information content (AvgIpc) is 3.41. The van der Waals surface area contributed by atoms with Gasteiger partial charge in [-0.1, -0.05) is 16.3 Å². The number of hydrogen-bond acceptors (Lipinski definition) is 6. The van der Waals surface area contributed by atoms with Crippen molar-refractivity contribution in [2.24, 2.45) is 23.7 Å². The van der Waals surface area contributed by atoms with E-state index in [9.17, 15) is 23.1 Å². The Morgan fingerprint density at radius 1 is 1.06 bits per heavy atom. The smallest absolute Gasteiger partial charge is 0.307 e. The van der Waals surface area contributed by atoms with Crippen LogP contribution in [0.1, 0.15) is 37.9 Å². The van der Waals surface area contributed by atoms with Crippen molar-refractivity contribution in [1.82, 2.24) is 5.16 Å². The second-order valence-corrected chi connectivity index (χ2v) is 10.7. The normalized spacial score (nSPS) is 24.1. The first-order chi connectivity index (χ1) is 15.5. The molecule has 0 aliphatic heterocycles. The van der Waals surface area contributed by atoms with Crippen LogP contribution in [0, 0.1) is 37.5 Å². The highest BCUT2D eigenvalue weighted by Crippen LogP contribution is 2.57. The van der Waals surface area contributed by atoms with Crippen molar-refractivity contribution >= 4 is 33.5 Å². The van der Waals surface area contributed by atoms with Gasteiger partial charge in [0, 0.05) is 11.3 Å². The van der Waals surface area contributed by atoms with Crippen LogP contribution in [0.3, 0.4) is 0 Å². The summed E-state index contributed by atoms with van der Waals surface area (Å²) in [4.78, 5) is 25.1. The molecule has 1 aromatic heterocycles. The second kappa shape index (κ2) is 8.33. The van der Waals surface area contributed by atoms with Crippen molar-refractivity contribution < 1.29 is 27.6 Å². The summed E-state index contributed by atoms with van der Waals surface area (Å²) in [7, 11) is -3.91. The average molecular weight is 474 g/mol. The van der Waals surface area contributed by atoms with Gasteiger partial charge >= 0.3 is 5.97 Å². The third-order valence-corrected chi connectivity index (χ3v) is 8.17. The number of carboxylic acid groups (broad SMARTS) is 1. The molecule has 4 atom stereocenters. The van der Waals surface area contributed by atoms with Crippen LogP contribution in [0.25, 0.3) is 0 Å². The van der Waals surface area contributed by atoms with E-state index < -0.39 is 27.8 Å². The van der Waals surface area contributed by atoms with E-state index in [0.717, 1.165) is 24.0 Å². The molecule has 33 heavy (non-hydrogen) atoms. The number of allylic oxidation sites excluding steroid dienone is 2. The Hall–Kier alpha value is -3.14. The first-order valence-electron chi connectivity index (χ1n) is 10.8. The van der Waals surface area contributed by atoms with Gasteiger partial charge in [0.1, 0.15) is 0 Å². The number of nitrogens with zero attached hydrogens (tertiary/aromatic N) is 1. The maximum absolute atomic E-state index is 13.1. The SMILES string of the molecule is CC(C)=C1[C@H]2CC[C@H]1[C@@H](C(=O)O)[C@H]2C(=O)Nc1ccc(S(=O)(=O)Nc2onc(C)c2C)cc1. The molecule has 0 unspecified atom stereocenters. The van der Waals surface area contributed by atoms with Gasteiger partial charge in [-0.05, 0) is 76.6 Å². The van der Waals surface area contributed by atoms with Crippen molar-refractivity contribution in [2.75, 3.05) is 10.0 Å². The number of nitrogens with one attached hydrogen (secondary N) is 2.